The molecule has 0 unspecified atom stereocenters. The number of para-hydroxylation sites is 2. The number of anilines is 2. The largest absolute Gasteiger partial charge is 0.497 e. The number of carbonyl (C=O) groups excluding carboxylic acids is 1. The van der Waals surface area contributed by atoms with Crippen molar-refractivity contribution in [3.8, 4) is 5.75 Å². The number of ether oxygens (including phenoxy) is 1. The summed E-state index contributed by atoms with van der Waals surface area (Å²) < 4.78 is 7.32. The van der Waals surface area contributed by atoms with E-state index in [0.29, 0.717) is 11.4 Å². The number of hydrogen-bond acceptors (Lipinski definition) is 3. The Morgan fingerprint density at radius 1 is 0.933 bits per heavy atom. The van der Waals surface area contributed by atoms with Gasteiger partial charge in [-0.25, -0.2) is 9.78 Å². The third-order valence-electron chi connectivity index (χ3n) is 5.06. The number of fused-ring (bicyclic) bond motifs is 1. The van der Waals surface area contributed by atoms with Gasteiger partial charge in [0.2, 0.25) is 0 Å². The molecule has 4 rings (SSSR count). The number of imidazole rings is 1. The van der Waals surface area contributed by atoms with Crippen molar-refractivity contribution in [2.45, 2.75) is 12.8 Å². The van der Waals surface area contributed by atoms with Gasteiger partial charge in [0, 0.05) is 30.9 Å². The molecule has 2 amide bonds. The van der Waals surface area contributed by atoms with Gasteiger partial charge in [-0.15, -0.1) is 0 Å². The van der Waals surface area contributed by atoms with Crippen LogP contribution in [0.5, 0.6) is 5.75 Å². The lowest BCUT2D eigenvalue weighted by atomic mass is 10.1. The second kappa shape index (κ2) is 8.69. The van der Waals surface area contributed by atoms with Gasteiger partial charge in [-0.1, -0.05) is 30.3 Å². The lowest BCUT2D eigenvalue weighted by molar-refractivity contribution is 0.262. The van der Waals surface area contributed by atoms with Crippen molar-refractivity contribution < 1.29 is 9.53 Å². The minimum Gasteiger partial charge on any atom is -0.497 e. The average Bonchev–Trinajstić information content (AvgIpc) is 3.09. The fourth-order valence-corrected chi connectivity index (χ4v) is 3.42. The zero-order valence-electron chi connectivity index (χ0n) is 17.1. The summed E-state index contributed by atoms with van der Waals surface area (Å²) in [6.07, 6.45) is 1.74. The van der Waals surface area contributed by atoms with Gasteiger partial charge >= 0.3 is 6.03 Å². The zero-order chi connectivity index (χ0) is 20.9. The monoisotopic (exact) mass is 400 g/mol. The second-order valence-electron chi connectivity index (χ2n) is 7.08. The van der Waals surface area contributed by atoms with Crippen molar-refractivity contribution in [2.75, 3.05) is 17.7 Å². The number of nitrogens with zero attached hydrogens (tertiary/aromatic N) is 2. The Morgan fingerprint density at radius 3 is 2.47 bits per heavy atom. The van der Waals surface area contributed by atoms with Crippen LogP contribution in [0.4, 0.5) is 16.2 Å². The number of carbonyl (C=O) groups is 1. The first-order valence-electron chi connectivity index (χ1n) is 9.84. The molecule has 3 aromatic carbocycles. The highest BCUT2D eigenvalue weighted by Gasteiger charge is 2.08. The summed E-state index contributed by atoms with van der Waals surface area (Å²) in [6.45, 7) is 0. The van der Waals surface area contributed by atoms with E-state index in [9.17, 15) is 4.79 Å². The maximum Gasteiger partial charge on any atom is 0.323 e. The number of aromatic nitrogens is 2. The molecule has 0 aliphatic carbocycles. The second-order valence-corrected chi connectivity index (χ2v) is 7.08. The van der Waals surface area contributed by atoms with Crippen molar-refractivity contribution >= 4 is 28.4 Å². The third-order valence-corrected chi connectivity index (χ3v) is 5.06. The average molecular weight is 400 g/mol. The number of benzene rings is 3. The molecule has 1 heterocycles. The van der Waals surface area contributed by atoms with Crippen molar-refractivity contribution in [1.29, 1.82) is 0 Å². The summed E-state index contributed by atoms with van der Waals surface area (Å²) in [7, 11) is 3.65. The molecule has 0 aliphatic heterocycles. The van der Waals surface area contributed by atoms with Gasteiger partial charge in [0.15, 0.2) is 0 Å². The van der Waals surface area contributed by atoms with Gasteiger partial charge < -0.3 is 19.9 Å². The van der Waals surface area contributed by atoms with E-state index in [2.05, 4.69) is 28.3 Å². The van der Waals surface area contributed by atoms with Crippen molar-refractivity contribution in [1.82, 2.24) is 9.55 Å². The summed E-state index contributed by atoms with van der Waals surface area (Å²) in [4.78, 5) is 17.0. The molecule has 0 saturated heterocycles. The van der Waals surface area contributed by atoms with Gasteiger partial charge in [-0.05, 0) is 48.4 Å². The highest BCUT2D eigenvalue weighted by Crippen LogP contribution is 2.18. The normalized spacial score (nSPS) is 10.7. The van der Waals surface area contributed by atoms with Crippen LogP contribution in [0.2, 0.25) is 0 Å². The highest BCUT2D eigenvalue weighted by molar-refractivity contribution is 5.99. The maximum absolute atomic E-state index is 12.2. The van der Waals surface area contributed by atoms with Crippen molar-refractivity contribution in [2.24, 2.45) is 7.05 Å². The number of rotatable bonds is 6. The van der Waals surface area contributed by atoms with Crippen LogP contribution in [0.1, 0.15) is 11.4 Å². The first kappa shape index (κ1) is 19.5. The molecule has 4 aromatic rings. The molecule has 0 radical (unpaired) electrons. The van der Waals surface area contributed by atoms with E-state index in [1.165, 1.54) is 5.56 Å². The third kappa shape index (κ3) is 4.43. The molecule has 1 aromatic heterocycles. The quantitative estimate of drug-likeness (QED) is 0.478. The molecule has 152 valence electrons. The molecule has 0 fully saturated rings. The van der Waals surface area contributed by atoms with Gasteiger partial charge in [0.1, 0.15) is 11.6 Å². The van der Waals surface area contributed by atoms with E-state index in [1.54, 1.807) is 13.2 Å². The number of amides is 2. The van der Waals surface area contributed by atoms with E-state index in [1.807, 2.05) is 60.7 Å². The van der Waals surface area contributed by atoms with E-state index >= 15 is 0 Å². The number of methoxy groups -OCH3 is 1. The maximum atomic E-state index is 12.2. The summed E-state index contributed by atoms with van der Waals surface area (Å²) in [6, 6.07) is 23.0. The summed E-state index contributed by atoms with van der Waals surface area (Å²) in [5.41, 5.74) is 4.78. The first-order valence-corrected chi connectivity index (χ1v) is 9.84. The predicted molar refractivity (Wildman–Crippen MR) is 120 cm³/mol. The van der Waals surface area contributed by atoms with E-state index in [0.717, 1.165) is 35.4 Å². The van der Waals surface area contributed by atoms with E-state index in [4.69, 9.17) is 9.72 Å². The number of nitrogens with one attached hydrogen (secondary N) is 2. The number of urea groups is 1. The zero-order valence-corrected chi connectivity index (χ0v) is 17.1. The molecule has 2 N–H and O–H groups in total. The van der Waals surface area contributed by atoms with Crippen LogP contribution in [0, 0.1) is 0 Å². The Labute approximate surface area is 175 Å². The molecule has 0 aliphatic rings. The van der Waals surface area contributed by atoms with Crippen LogP contribution < -0.4 is 15.4 Å². The van der Waals surface area contributed by atoms with Crippen LogP contribution in [0.15, 0.2) is 72.8 Å². The van der Waals surface area contributed by atoms with Crippen molar-refractivity contribution in [3.05, 3.63) is 84.2 Å². The van der Waals surface area contributed by atoms with Crippen LogP contribution in [0.3, 0.4) is 0 Å². The molecule has 0 atom stereocenters. The van der Waals surface area contributed by atoms with E-state index in [-0.39, 0.29) is 6.03 Å². The molecule has 6 heteroatoms. The smallest absolute Gasteiger partial charge is 0.323 e. The Kier molecular flexibility index (Phi) is 5.66. The van der Waals surface area contributed by atoms with Crippen LogP contribution in [-0.2, 0) is 19.9 Å². The summed E-state index contributed by atoms with van der Waals surface area (Å²) in [5, 5.41) is 5.65. The molecule has 30 heavy (non-hydrogen) atoms. The van der Waals surface area contributed by atoms with Crippen molar-refractivity contribution in [3.63, 3.8) is 0 Å². The SMILES string of the molecule is COc1cccc(NC(=O)Nc2ccc(CCc3nc4ccccc4n3C)cc2)c1. The molecule has 6 nitrogen and oxygen atoms in total. The Bertz CT molecular complexity index is 1170. The molecule has 0 bridgehead atoms. The fourth-order valence-electron chi connectivity index (χ4n) is 3.42. The Balaban J connectivity index is 1.34. The lowest BCUT2D eigenvalue weighted by Crippen LogP contribution is -2.19. The van der Waals surface area contributed by atoms with Crippen LogP contribution in [-0.4, -0.2) is 22.7 Å². The number of hydrogen-bond donors (Lipinski definition) is 2. The lowest BCUT2D eigenvalue weighted by Gasteiger charge is -2.09. The molecule has 0 spiro atoms. The van der Waals surface area contributed by atoms with Gasteiger partial charge in [0.25, 0.3) is 0 Å². The molecular formula is C24H24N4O2. The Hall–Kier alpha value is -3.80. The fraction of sp³-hybridized carbons (Fsp3) is 0.167. The first-order chi connectivity index (χ1) is 14.6. The topological polar surface area (TPSA) is 68.2 Å². The van der Waals surface area contributed by atoms with Gasteiger partial charge in [-0.3, -0.25) is 0 Å². The van der Waals surface area contributed by atoms with Crippen LogP contribution >= 0.6 is 0 Å². The standard InChI is InChI=1S/C24H24N4O2/c1-28-22-9-4-3-8-21(22)27-23(28)15-12-17-10-13-18(14-11-17)25-24(29)26-19-6-5-7-20(16-19)30-2/h3-11,13-14,16H,12,15H2,1-2H3,(H2,25,26,29). The van der Waals surface area contributed by atoms with E-state index < -0.39 is 0 Å². The minimum absolute atomic E-state index is 0.296. The molecular weight excluding hydrogens is 376 g/mol. The Morgan fingerprint density at radius 2 is 1.70 bits per heavy atom. The summed E-state index contributed by atoms with van der Waals surface area (Å²) in [5.74, 6) is 1.76. The summed E-state index contributed by atoms with van der Waals surface area (Å²) >= 11 is 0. The van der Waals surface area contributed by atoms with Gasteiger partial charge in [0.05, 0.1) is 18.1 Å². The predicted octanol–water partition coefficient (Wildman–Crippen LogP) is 5.01. The van der Waals surface area contributed by atoms with Crippen LogP contribution in [0.25, 0.3) is 11.0 Å². The minimum atomic E-state index is -0.296. The van der Waals surface area contributed by atoms with Gasteiger partial charge in [-0.2, -0.15) is 0 Å². The molecule has 0 saturated carbocycles. The number of aryl methyl sites for hydroxylation is 3. The highest BCUT2D eigenvalue weighted by atomic mass is 16.5.